The molecule has 2 aromatic rings. The minimum absolute atomic E-state index is 0.0253. The summed E-state index contributed by atoms with van der Waals surface area (Å²) in [5.41, 5.74) is 3.65. The van der Waals surface area contributed by atoms with Crippen molar-refractivity contribution in [3.8, 4) is 0 Å². The summed E-state index contributed by atoms with van der Waals surface area (Å²) in [7, 11) is -3.58. The molecule has 8 heteroatoms. The van der Waals surface area contributed by atoms with Gasteiger partial charge in [-0.1, -0.05) is 24.6 Å². The molecule has 0 fully saturated rings. The van der Waals surface area contributed by atoms with Gasteiger partial charge in [0.25, 0.3) is 0 Å². The number of sulfonamides is 1. The number of carbonyl (C=O) groups excluding carboxylic acids is 1. The van der Waals surface area contributed by atoms with Crippen molar-refractivity contribution in [1.29, 1.82) is 0 Å². The molecular weight excluding hydrogens is 376 g/mol. The number of carbonyl (C=O) groups is 1. The standard InChI is InChI=1S/C20H28N4O3S/c1-5-20(25)21-12-19-22-16-9-10-23(13-17(16)24(19)6-2)28(26,27)18-8-7-14(3)11-15(18)4/h7-8,11H,5-6,9-10,12-13H2,1-4H3,(H,21,25). The SMILES string of the molecule is CCC(=O)NCc1nc2c(n1CC)CN(S(=O)(=O)c1ccc(C)cc1C)CC2. The van der Waals surface area contributed by atoms with Gasteiger partial charge in [-0.05, 0) is 32.4 Å². The number of hydrogen-bond donors (Lipinski definition) is 1. The van der Waals surface area contributed by atoms with E-state index >= 15 is 0 Å². The van der Waals surface area contributed by atoms with Crippen molar-refractivity contribution in [2.45, 2.75) is 65.1 Å². The van der Waals surface area contributed by atoms with Crippen molar-refractivity contribution < 1.29 is 13.2 Å². The lowest BCUT2D eigenvalue weighted by atomic mass is 10.2. The van der Waals surface area contributed by atoms with Crippen molar-refractivity contribution >= 4 is 15.9 Å². The summed E-state index contributed by atoms with van der Waals surface area (Å²) >= 11 is 0. The Kier molecular flexibility index (Phi) is 5.90. The Balaban J connectivity index is 1.89. The van der Waals surface area contributed by atoms with Gasteiger partial charge >= 0.3 is 0 Å². The first kappa shape index (κ1) is 20.5. The molecule has 0 radical (unpaired) electrons. The lowest BCUT2D eigenvalue weighted by molar-refractivity contribution is -0.120. The zero-order chi connectivity index (χ0) is 20.5. The van der Waals surface area contributed by atoms with E-state index in [4.69, 9.17) is 0 Å². The third-order valence-electron chi connectivity index (χ3n) is 5.19. The van der Waals surface area contributed by atoms with Crippen molar-refractivity contribution in [3.05, 3.63) is 46.5 Å². The van der Waals surface area contributed by atoms with Crippen molar-refractivity contribution in [3.63, 3.8) is 0 Å². The molecule has 0 spiro atoms. The lowest BCUT2D eigenvalue weighted by Gasteiger charge is -2.27. The van der Waals surface area contributed by atoms with Crippen molar-refractivity contribution in [2.75, 3.05) is 6.54 Å². The van der Waals surface area contributed by atoms with E-state index in [0.717, 1.165) is 28.3 Å². The summed E-state index contributed by atoms with van der Waals surface area (Å²) in [4.78, 5) is 16.6. The molecule has 1 N–H and O–H groups in total. The van der Waals surface area contributed by atoms with Crippen LogP contribution >= 0.6 is 0 Å². The lowest BCUT2D eigenvalue weighted by Crippen LogP contribution is -2.37. The fourth-order valence-corrected chi connectivity index (χ4v) is 5.30. The first-order valence-electron chi connectivity index (χ1n) is 9.69. The number of nitrogens with zero attached hydrogens (tertiary/aromatic N) is 3. The number of rotatable bonds is 6. The van der Waals surface area contributed by atoms with Gasteiger partial charge < -0.3 is 9.88 Å². The second-order valence-corrected chi connectivity index (χ2v) is 9.06. The molecule has 1 aliphatic rings. The summed E-state index contributed by atoms with van der Waals surface area (Å²) in [6.45, 7) is 9.34. The molecule has 1 aliphatic heterocycles. The predicted octanol–water partition coefficient (Wildman–Crippen LogP) is 2.29. The predicted molar refractivity (Wildman–Crippen MR) is 107 cm³/mol. The van der Waals surface area contributed by atoms with Crippen LogP contribution in [-0.4, -0.2) is 34.7 Å². The molecule has 1 aromatic heterocycles. The van der Waals surface area contributed by atoms with Gasteiger partial charge in [-0.2, -0.15) is 4.31 Å². The third-order valence-corrected chi connectivity index (χ3v) is 7.19. The second kappa shape index (κ2) is 8.05. The summed E-state index contributed by atoms with van der Waals surface area (Å²) in [6.07, 6.45) is 0.996. The quantitative estimate of drug-likeness (QED) is 0.801. The molecule has 1 aromatic carbocycles. The van der Waals surface area contributed by atoms with Crippen LogP contribution in [0.25, 0.3) is 0 Å². The Hall–Kier alpha value is -2.19. The van der Waals surface area contributed by atoms with E-state index in [-0.39, 0.29) is 5.91 Å². The van der Waals surface area contributed by atoms with E-state index in [9.17, 15) is 13.2 Å². The van der Waals surface area contributed by atoms with Crippen molar-refractivity contribution in [1.82, 2.24) is 19.2 Å². The Morgan fingerprint density at radius 3 is 2.64 bits per heavy atom. The number of aryl methyl sites for hydroxylation is 2. The van der Waals surface area contributed by atoms with Gasteiger partial charge in [-0.3, -0.25) is 4.79 Å². The van der Waals surface area contributed by atoms with E-state index in [1.807, 2.05) is 44.4 Å². The molecular formula is C20H28N4O3S. The van der Waals surface area contributed by atoms with Crippen molar-refractivity contribution in [2.24, 2.45) is 0 Å². The topological polar surface area (TPSA) is 84.3 Å². The van der Waals surface area contributed by atoms with Crippen LogP contribution < -0.4 is 5.32 Å². The highest BCUT2D eigenvalue weighted by atomic mass is 32.2. The maximum absolute atomic E-state index is 13.2. The minimum Gasteiger partial charge on any atom is -0.349 e. The average Bonchev–Trinajstić information content (AvgIpc) is 3.02. The van der Waals surface area contributed by atoms with Crippen LogP contribution in [0.2, 0.25) is 0 Å². The Bertz CT molecular complexity index is 995. The van der Waals surface area contributed by atoms with Gasteiger partial charge in [0.05, 0.1) is 29.4 Å². The molecule has 7 nitrogen and oxygen atoms in total. The van der Waals surface area contributed by atoms with E-state index in [2.05, 4.69) is 10.3 Å². The summed E-state index contributed by atoms with van der Waals surface area (Å²) in [5, 5.41) is 2.86. The van der Waals surface area contributed by atoms with E-state index in [1.165, 1.54) is 4.31 Å². The maximum atomic E-state index is 13.2. The van der Waals surface area contributed by atoms with Crippen LogP contribution in [0.3, 0.4) is 0 Å². The van der Waals surface area contributed by atoms with Crippen LogP contribution in [0.15, 0.2) is 23.1 Å². The van der Waals surface area contributed by atoms with Crippen LogP contribution in [-0.2, 0) is 40.9 Å². The monoisotopic (exact) mass is 404 g/mol. The Labute approximate surface area is 166 Å². The molecule has 2 heterocycles. The van der Waals surface area contributed by atoms with Gasteiger partial charge in [-0.25, -0.2) is 13.4 Å². The molecule has 152 valence electrons. The van der Waals surface area contributed by atoms with Gasteiger partial charge in [0.2, 0.25) is 15.9 Å². The van der Waals surface area contributed by atoms with Gasteiger partial charge in [0.1, 0.15) is 5.82 Å². The van der Waals surface area contributed by atoms with E-state index in [1.54, 1.807) is 6.07 Å². The number of hydrogen-bond acceptors (Lipinski definition) is 4. The smallest absolute Gasteiger partial charge is 0.243 e. The molecule has 0 saturated carbocycles. The number of benzene rings is 1. The molecule has 0 unspecified atom stereocenters. The third kappa shape index (κ3) is 3.84. The van der Waals surface area contributed by atoms with Gasteiger partial charge in [-0.15, -0.1) is 0 Å². The Morgan fingerprint density at radius 1 is 1.25 bits per heavy atom. The molecule has 28 heavy (non-hydrogen) atoms. The molecule has 1 amide bonds. The van der Waals surface area contributed by atoms with Gasteiger partial charge in [0.15, 0.2) is 0 Å². The molecule has 0 atom stereocenters. The Morgan fingerprint density at radius 2 is 2.00 bits per heavy atom. The van der Waals surface area contributed by atoms with Crippen LogP contribution in [0.4, 0.5) is 0 Å². The highest BCUT2D eigenvalue weighted by molar-refractivity contribution is 7.89. The van der Waals surface area contributed by atoms with Gasteiger partial charge in [0, 0.05) is 25.9 Å². The molecule has 0 bridgehead atoms. The first-order valence-corrected chi connectivity index (χ1v) is 11.1. The number of nitrogens with one attached hydrogen (secondary N) is 1. The zero-order valence-electron chi connectivity index (χ0n) is 16.9. The summed E-state index contributed by atoms with van der Waals surface area (Å²) in [6, 6.07) is 5.42. The molecule has 0 aliphatic carbocycles. The minimum atomic E-state index is -3.58. The largest absolute Gasteiger partial charge is 0.349 e. The van der Waals surface area contributed by atoms with Crippen LogP contribution in [0, 0.1) is 13.8 Å². The number of fused-ring (bicyclic) bond motifs is 1. The highest BCUT2D eigenvalue weighted by Crippen LogP contribution is 2.27. The zero-order valence-corrected chi connectivity index (χ0v) is 17.8. The normalized spacial score (nSPS) is 14.7. The van der Waals surface area contributed by atoms with E-state index in [0.29, 0.717) is 43.9 Å². The fourth-order valence-electron chi connectivity index (χ4n) is 3.69. The van der Waals surface area contributed by atoms with E-state index < -0.39 is 10.0 Å². The van der Waals surface area contributed by atoms with Crippen LogP contribution in [0.5, 0.6) is 0 Å². The summed E-state index contributed by atoms with van der Waals surface area (Å²) < 4.78 is 30.0. The van der Waals surface area contributed by atoms with Crippen LogP contribution in [0.1, 0.15) is 48.6 Å². The second-order valence-electron chi connectivity index (χ2n) is 7.15. The average molecular weight is 405 g/mol. The molecule has 0 saturated heterocycles. The first-order chi connectivity index (χ1) is 13.3. The number of amides is 1. The number of aromatic nitrogens is 2. The maximum Gasteiger partial charge on any atom is 0.243 e. The number of imidazole rings is 1. The fraction of sp³-hybridized carbons (Fsp3) is 0.500. The highest BCUT2D eigenvalue weighted by Gasteiger charge is 2.32. The molecule has 3 rings (SSSR count). The summed E-state index contributed by atoms with van der Waals surface area (Å²) in [5.74, 6) is 0.753.